The monoisotopic (exact) mass is 391 g/mol. The standard InChI is InChI=1S/C19H30NS.BF4/c1-2-3-4-5-6-7-8-9-10-13-16-20-17-21-19-15-12-11-14-18(19)20;2-1(3,4)5/h11-12,14-15,17H,2-10,13,16H2,1H3;/q+1;-1. The molecule has 26 heavy (non-hydrogen) atoms. The van der Waals surface area contributed by atoms with Crippen LogP contribution < -0.4 is 4.57 Å². The third-order valence-corrected chi connectivity index (χ3v) is 5.19. The molecule has 0 atom stereocenters. The number of aromatic nitrogens is 1. The molecule has 0 fully saturated rings. The Bertz CT molecular complexity index is 594. The van der Waals surface area contributed by atoms with Crippen molar-refractivity contribution in [3.63, 3.8) is 0 Å². The van der Waals surface area contributed by atoms with Crippen molar-refractivity contribution in [2.75, 3.05) is 0 Å². The van der Waals surface area contributed by atoms with Gasteiger partial charge in [0.25, 0.3) is 0 Å². The second kappa shape index (κ2) is 13.1. The van der Waals surface area contributed by atoms with Crippen molar-refractivity contribution in [2.24, 2.45) is 0 Å². The molecule has 0 saturated carbocycles. The molecule has 1 aromatic heterocycles. The Hall–Kier alpha value is -1.11. The van der Waals surface area contributed by atoms with E-state index in [0.29, 0.717) is 0 Å². The molecule has 1 heterocycles. The lowest BCUT2D eigenvalue weighted by Crippen LogP contribution is -2.31. The number of hydrogen-bond donors (Lipinski definition) is 0. The van der Waals surface area contributed by atoms with Gasteiger partial charge < -0.3 is 17.3 Å². The third kappa shape index (κ3) is 11.5. The minimum atomic E-state index is -6.00. The SMILES string of the molecule is CCCCCCCCCCCC[n+]1csc2ccccc21.F[B-](F)(F)F. The Morgan fingerprint density at radius 3 is 1.88 bits per heavy atom. The van der Waals surface area contributed by atoms with Crippen molar-refractivity contribution >= 4 is 28.8 Å². The van der Waals surface area contributed by atoms with Gasteiger partial charge in [0.1, 0.15) is 11.2 Å². The van der Waals surface area contributed by atoms with Crippen molar-refractivity contribution in [3.8, 4) is 0 Å². The van der Waals surface area contributed by atoms with Crippen molar-refractivity contribution in [1.82, 2.24) is 0 Å². The lowest BCUT2D eigenvalue weighted by Gasteiger charge is -2.01. The summed E-state index contributed by atoms with van der Waals surface area (Å²) >= 11 is 1.86. The Morgan fingerprint density at radius 1 is 0.808 bits per heavy atom. The topological polar surface area (TPSA) is 3.88 Å². The van der Waals surface area contributed by atoms with Gasteiger partial charge in [-0.05, 0) is 12.5 Å². The van der Waals surface area contributed by atoms with E-state index in [9.17, 15) is 17.3 Å². The molecule has 0 unspecified atom stereocenters. The van der Waals surface area contributed by atoms with Crippen LogP contribution in [0, 0.1) is 0 Å². The van der Waals surface area contributed by atoms with E-state index < -0.39 is 7.25 Å². The molecule has 1 nitrogen and oxygen atoms in total. The molecule has 0 radical (unpaired) electrons. The molecule has 0 aliphatic carbocycles. The van der Waals surface area contributed by atoms with Crippen LogP contribution in [0.1, 0.15) is 71.1 Å². The Labute approximate surface area is 158 Å². The van der Waals surface area contributed by atoms with Crippen LogP contribution in [0.5, 0.6) is 0 Å². The smallest absolute Gasteiger partial charge is 0.418 e. The Balaban J connectivity index is 0.000000597. The van der Waals surface area contributed by atoms with Crippen LogP contribution in [0.4, 0.5) is 17.3 Å². The summed E-state index contributed by atoms with van der Waals surface area (Å²) in [6.07, 6.45) is 14.1. The fourth-order valence-corrected chi connectivity index (χ4v) is 3.84. The highest BCUT2D eigenvalue weighted by molar-refractivity contribution is 7.16. The number of aryl methyl sites for hydroxylation is 1. The van der Waals surface area contributed by atoms with Crippen molar-refractivity contribution in [3.05, 3.63) is 29.8 Å². The number of rotatable bonds is 11. The summed E-state index contributed by atoms with van der Waals surface area (Å²) in [6, 6.07) is 8.73. The van der Waals surface area contributed by atoms with Gasteiger partial charge >= 0.3 is 7.25 Å². The summed E-state index contributed by atoms with van der Waals surface area (Å²) in [4.78, 5) is 0. The van der Waals surface area contributed by atoms with Crippen LogP contribution in [0.2, 0.25) is 0 Å². The van der Waals surface area contributed by atoms with Crippen LogP contribution in [-0.4, -0.2) is 7.25 Å². The van der Waals surface area contributed by atoms with Gasteiger partial charge in [0, 0.05) is 12.5 Å². The molecule has 0 saturated heterocycles. The zero-order chi connectivity index (χ0) is 19.3. The summed E-state index contributed by atoms with van der Waals surface area (Å²) in [5.74, 6) is 0. The Morgan fingerprint density at radius 2 is 1.31 bits per heavy atom. The van der Waals surface area contributed by atoms with Gasteiger partial charge in [-0.1, -0.05) is 81.8 Å². The molecule has 0 spiro atoms. The summed E-state index contributed by atoms with van der Waals surface area (Å²) in [5, 5.41) is 0. The van der Waals surface area contributed by atoms with Crippen LogP contribution in [0.25, 0.3) is 10.2 Å². The van der Waals surface area contributed by atoms with Crippen LogP contribution in [0.15, 0.2) is 29.8 Å². The number of nitrogens with zero attached hydrogens (tertiary/aromatic N) is 1. The minimum absolute atomic E-state index is 1.18. The number of hydrogen-bond acceptors (Lipinski definition) is 1. The van der Waals surface area contributed by atoms with Gasteiger partial charge in [0.2, 0.25) is 11.0 Å². The van der Waals surface area contributed by atoms with E-state index in [0.717, 1.165) is 0 Å². The number of para-hydroxylation sites is 1. The van der Waals surface area contributed by atoms with E-state index in [1.807, 2.05) is 11.3 Å². The fourth-order valence-electron chi connectivity index (χ4n) is 2.91. The predicted octanol–water partition coefficient (Wildman–Crippen LogP) is 7.41. The molecule has 1 aromatic carbocycles. The first kappa shape index (κ1) is 22.9. The highest BCUT2D eigenvalue weighted by atomic mass is 32.1. The van der Waals surface area contributed by atoms with Crippen molar-refractivity contribution < 1.29 is 21.8 Å². The highest BCUT2D eigenvalue weighted by Crippen LogP contribution is 2.16. The first-order valence-electron chi connectivity index (χ1n) is 9.65. The van der Waals surface area contributed by atoms with Gasteiger partial charge in [-0.3, -0.25) is 0 Å². The maximum atomic E-state index is 9.75. The molecule has 0 aliphatic heterocycles. The predicted molar refractivity (Wildman–Crippen MR) is 104 cm³/mol. The van der Waals surface area contributed by atoms with E-state index in [1.54, 1.807) is 0 Å². The third-order valence-electron chi connectivity index (χ3n) is 4.23. The fraction of sp³-hybridized carbons (Fsp3) is 0.632. The van der Waals surface area contributed by atoms with Gasteiger partial charge in [-0.15, -0.1) is 0 Å². The first-order chi connectivity index (χ1) is 12.4. The molecular weight excluding hydrogens is 361 g/mol. The normalized spacial score (nSPS) is 11.4. The van der Waals surface area contributed by atoms with E-state index in [2.05, 4.69) is 41.3 Å². The molecule has 148 valence electrons. The first-order valence-corrected chi connectivity index (χ1v) is 10.5. The average molecular weight is 391 g/mol. The number of thiazole rings is 1. The zero-order valence-electron chi connectivity index (χ0n) is 15.6. The molecule has 2 aromatic rings. The van der Waals surface area contributed by atoms with Crippen LogP contribution >= 0.6 is 11.3 Å². The second-order valence-corrected chi connectivity index (χ2v) is 7.45. The van der Waals surface area contributed by atoms with Crippen LogP contribution in [0.3, 0.4) is 0 Å². The van der Waals surface area contributed by atoms with Gasteiger partial charge in [-0.2, -0.15) is 4.57 Å². The minimum Gasteiger partial charge on any atom is -0.418 e. The molecule has 2 rings (SSSR count). The second-order valence-electron chi connectivity index (χ2n) is 6.56. The summed E-state index contributed by atoms with van der Waals surface area (Å²) in [5.41, 5.74) is 3.68. The van der Waals surface area contributed by atoms with Crippen molar-refractivity contribution in [1.29, 1.82) is 0 Å². The zero-order valence-corrected chi connectivity index (χ0v) is 16.4. The maximum absolute atomic E-state index is 9.75. The molecule has 0 bridgehead atoms. The molecule has 7 heteroatoms. The van der Waals surface area contributed by atoms with E-state index >= 15 is 0 Å². The average Bonchev–Trinajstić information content (AvgIpc) is 2.98. The largest absolute Gasteiger partial charge is 0.673 e. The lowest BCUT2D eigenvalue weighted by atomic mass is 10.1. The van der Waals surface area contributed by atoms with E-state index in [4.69, 9.17) is 0 Å². The lowest BCUT2D eigenvalue weighted by molar-refractivity contribution is -0.667. The van der Waals surface area contributed by atoms with Gasteiger partial charge in [0.15, 0.2) is 0 Å². The van der Waals surface area contributed by atoms with Gasteiger partial charge in [0.05, 0.1) is 0 Å². The summed E-state index contributed by atoms with van der Waals surface area (Å²) < 4.78 is 42.8. The number of benzene rings is 1. The molecule has 0 N–H and O–H groups in total. The number of unbranched alkanes of at least 4 members (excludes halogenated alkanes) is 9. The molecular formula is C19H30BF4NS. The van der Waals surface area contributed by atoms with E-state index in [1.165, 1.54) is 81.0 Å². The van der Waals surface area contributed by atoms with Crippen molar-refractivity contribution in [2.45, 2.75) is 77.7 Å². The number of fused-ring (bicyclic) bond motifs is 1. The summed E-state index contributed by atoms with van der Waals surface area (Å²) in [6.45, 7) is 3.47. The maximum Gasteiger partial charge on any atom is 0.673 e. The van der Waals surface area contributed by atoms with Crippen LogP contribution in [-0.2, 0) is 6.54 Å². The molecule has 0 amide bonds. The van der Waals surface area contributed by atoms with Gasteiger partial charge in [-0.25, -0.2) is 0 Å². The number of halogens is 4. The quantitative estimate of drug-likeness (QED) is 0.163. The summed E-state index contributed by atoms with van der Waals surface area (Å²) in [7, 11) is -6.00. The molecule has 0 aliphatic rings. The van der Waals surface area contributed by atoms with E-state index in [-0.39, 0.29) is 0 Å². The highest BCUT2D eigenvalue weighted by Gasteiger charge is 2.20. The Kier molecular flexibility index (Phi) is 11.6.